The number of aromatic amines is 1. The van der Waals surface area contributed by atoms with Crippen molar-refractivity contribution in [2.75, 3.05) is 0 Å². The summed E-state index contributed by atoms with van der Waals surface area (Å²) in [4.78, 5) is 40.0. The molecule has 4 rings (SSSR count). The number of H-pyrrole nitrogens is 1. The van der Waals surface area contributed by atoms with Crippen LogP contribution in [0, 0.1) is 13.8 Å². The standard InChI is InChI=1S/C27H28N2O7/c1-5-18-13(2)19-7-9-23(14(3)24(19)36-27(18)34)35-15(4)25(31)29-22(26(32)33)10-16-12-28-21-8-6-17(30)11-20(16)21/h6-9,11-12,15,22,28,30H,5,10H2,1-4H3,(H,29,31)(H,32,33)/p-1/t15-,22+/m0/s1. The smallest absolute Gasteiger partial charge is 0.339 e. The maximum Gasteiger partial charge on any atom is 0.339 e. The van der Waals surface area contributed by atoms with Gasteiger partial charge in [0, 0.05) is 40.0 Å². The van der Waals surface area contributed by atoms with E-state index in [4.69, 9.17) is 9.15 Å². The van der Waals surface area contributed by atoms with Crippen molar-refractivity contribution in [3.8, 4) is 11.5 Å². The Morgan fingerprint density at radius 3 is 2.61 bits per heavy atom. The van der Waals surface area contributed by atoms with Crippen molar-refractivity contribution in [3.63, 3.8) is 0 Å². The fourth-order valence-electron chi connectivity index (χ4n) is 4.39. The Balaban J connectivity index is 1.53. The van der Waals surface area contributed by atoms with Gasteiger partial charge in [-0.3, -0.25) is 4.79 Å². The number of carboxylic acids is 1. The minimum atomic E-state index is -1.45. The second-order valence-electron chi connectivity index (χ2n) is 8.80. The quantitative estimate of drug-likeness (QED) is 0.321. The topological polar surface area (TPSA) is 145 Å². The number of ether oxygens (including phenoxy) is 1. The first-order valence-electron chi connectivity index (χ1n) is 11.6. The highest BCUT2D eigenvalue weighted by Crippen LogP contribution is 2.30. The zero-order valence-corrected chi connectivity index (χ0v) is 20.4. The van der Waals surface area contributed by atoms with Crippen LogP contribution in [-0.2, 0) is 22.4 Å². The Hall–Kier alpha value is -4.27. The summed E-state index contributed by atoms with van der Waals surface area (Å²) < 4.78 is 11.4. The summed E-state index contributed by atoms with van der Waals surface area (Å²) in [6.07, 6.45) is 1.09. The molecule has 0 aliphatic carbocycles. The molecule has 0 radical (unpaired) electrons. The minimum Gasteiger partial charge on any atom is -0.548 e. The van der Waals surface area contributed by atoms with Crippen molar-refractivity contribution >= 4 is 33.7 Å². The number of aryl methyl sites for hydroxylation is 2. The van der Waals surface area contributed by atoms with Crippen LogP contribution in [0.1, 0.15) is 36.1 Å². The fraction of sp³-hybridized carbons (Fsp3) is 0.296. The van der Waals surface area contributed by atoms with Crippen LogP contribution in [0.3, 0.4) is 0 Å². The highest BCUT2D eigenvalue weighted by Gasteiger charge is 2.23. The molecule has 0 spiro atoms. The van der Waals surface area contributed by atoms with Crippen molar-refractivity contribution in [3.05, 3.63) is 69.2 Å². The molecule has 2 aromatic heterocycles. The summed E-state index contributed by atoms with van der Waals surface area (Å²) in [6.45, 7) is 6.98. The van der Waals surface area contributed by atoms with Gasteiger partial charge in [-0.05, 0) is 68.7 Å². The third-order valence-corrected chi connectivity index (χ3v) is 6.46. The number of rotatable bonds is 8. The molecule has 188 valence electrons. The molecular weight excluding hydrogens is 464 g/mol. The van der Waals surface area contributed by atoms with Crippen molar-refractivity contribution in [1.82, 2.24) is 10.3 Å². The van der Waals surface area contributed by atoms with E-state index < -0.39 is 29.6 Å². The largest absolute Gasteiger partial charge is 0.548 e. The third-order valence-electron chi connectivity index (χ3n) is 6.46. The summed E-state index contributed by atoms with van der Waals surface area (Å²) in [5, 5.41) is 25.5. The summed E-state index contributed by atoms with van der Waals surface area (Å²) in [5.74, 6) is -1.71. The molecule has 36 heavy (non-hydrogen) atoms. The van der Waals surface area contributed by atoms with E-state index in [2.05, 4.69) is 10.3 Å². The van der Waals surface area contributed by atoms with Crippen molar-refractivity contribution in [2.24, 2.45) is 0 Å². The molecule has 9 heteroatoms. The second-order valence-corrected chi connectivity index (χ2v) is 8.80. The number of fused-ring (bicyclic) bond motifs is 2. The summed E-state index contributed by atoms with van der Waals surface area (Å²) in [7, 11) is 0. The number of benzene rings is 2. The molecular formula is C27H27N2O7-. The SMILES string of the molecule is CCc1c(C)c2ccc(O[C@@H](C)C(=O)N[C@H](Cc3c[nH]c4ccc(O)cc34)C(=O)[O-])c(C)c2oc1=O. The lowest BCUT2D eigenvalue weighted by molar-refractivity contribution is -0.308. The van der Waals surface area contributed by atoms with Gasteiger partial charge in [0.1, 0.15) is 17.1 Å². The van der Waals surface area contributed by atoms with Crippen LogP contribution in [-0.4, -0.2) is 34.1 Å². The van der Waals surface area contributed by atoms with Gasteiger partial charge >= 0.3 is 5.63 Å². The van der Waals surface area contributed by atoms with Gasteiger partial charge in [-0.25, -0.2) is 4.79 Å². The van der Waals surface area contributed by atoms with E-state index in [0.717, 1.165) is 16.5 Å². The number of amides is 1. The number of hydrogen-bond acceptors (Lipinski definition) is 7. The molecule has 0 aliphatic heterocycles. The van der Waals surface area contributed by atoms with Gasteiger partial charge in [-0.15, -0.1) is 0 Å². The van der Waals surface area contributed by atoms with E-state index in [0.29, 0.717) is 39.8 Å². The lowest BCUT2D eigenvalue weighted by Gasteiger charge is -2.23. The average Bonchev–Trinajstić information content (AvgIpc) is 3.22. The van der Waals surface area contributed by atoms with Crippen molar-refractivity contribution in [2.45, 2.75) is 52.7 Å². The first-order chi connectivity index (χ1) is 17.1. The molecule has 2 heterocycles. The molecule has 0 bridgehead atoms. The number of carboxylic acid groups (broad SMARTS) is 1. The molecule has 3 N–H and O–H groups in total. The van der Waals surface area contributed by atoms with Gasteiger partial charge in [-0.2, -0.15) is 0 Å². The van der Waals surface area contributed by atoms with E-state index in [1.165, 1.54) is 19.1 Å². The lowest BCUT2D eigenvalue weighted by Crippen LogP contribution is -2.52. The van der Waals surface area contributed by atoms with E-state index in [-0.39, 0.29) is 12.2 Å². The van der Waals surface area contributed by atoms with E-state index >= 15 is 0 Å². The molecule has 4 aromatic rings. The summed E-state index contributed by atoms with van der Waals surface area (Å²) >= 11 is 0. The zero-order chi connectivity index (χ0) is 26.1. The van der Waals surface area contributed by atoms with Crippen molar-refractivity contribution in [1.29, 1.82) is 0 Å². The Labute approximate surface area is 206 Å². The predicted octanol–water partition coefficient (Wildman–Crippen LogP) is 2.40. The molecule has 2 aromatic carbocycles. The first-order valence-corrected chi connectivity index (χ1v) is 11.6. The minimum absolute atomic E-state index is 0.0436. The molecule has 0 fully saturated rings. The molecule has 0 saturated carbocycles. The predicted molar refractivity (Wildman–Crippen MR) is 132 cm³/mol. The van der Waals surface area contributed by atoms with Gasteiger partial charge in [-0.1, -0.05) is 6.92 Å². The number of aromatic hydroxyl groups is 1. The Morgan fingerprint density at radius 1 is 1.17 bits per heavy atom. The monoisotopic (exact) mass is 491 g/mol. The van der Waals surface area contributed by atoms with Gasteiger partial charge in [0.15, 0.2) is 6.10 Å². The van der Waals surface area contributed by atoms with Gasteiger partial charge in [0.05, 0.1) is 12.0 Å². The van der Waals surface area contributed by atoms with Gasteiger partial charge < -0.3 is 34.5 Å². The number of aromatic nitrogens is 1. The normalized spacial score (nSPS) is 13.0. The number of aliphatic carboxylic acids is 1. The number of carbonyl (C=O) groups is 2. The Morgan fingerprint density at radius 2 is 1.92 bits per heavy atom. The van der Waals surface area contributed by atoms with Crippen LogP contribution in [0.15, 0.2) is 45.7 Å². The Bertz CT molecular complexity index is 1530. The van der Waals surface area contributed by atoms with Crippen LogP contribution in [0.2, 0.25) is 0 Å². The number of nitrogens with one attached hydrogen (secondary N) is 2. The van der Waals surface area contributed by atoms with Crippen LogP contribution in [0.4, 0.5) is 0 Å². The number of carbonyl (C=O) groups excluding carboxylic acids is 2. The van der Waals surface area contributed by atoms with E-state index in [1.54, 1.807) is 31.3 Å². The molecule has 0 aliphatic rings. The number of phenols is 1. The molecule has 2 atom stereocenters. The maximum absolute atomic E-state index is 12.8. The highest BCUT2D eigenvalue weighted by molar-refractivity contribution is 5.89. The summed E-state index contributed by atoms with van der Waals surface area (Å²) in [5.41, 5.74) is 3.32. The third kappa shape index (κ3) is 4.64. The fourth-order valence-corrected chi connectivity index (χ4v) is 4.39. The zero-order valence-electron chi connectivity index (χ0n) is 20.4. The molecule has 1 amide bonds. The van der Waals surface area contributed by atoms with Crippen LogP contribution in [0.5, 0.6) is 11.5 Å². The maximum atomic E-state index is 12.8. The Kier molecular flexibility index (Phi) is 6.74. The number of hydrogen-bond donors (Lipinski definition) is 3. The van der Waals surface area contributed by atoms with Gasteiger partial charge in [0.25, 0.3) is 5.91 Å². The van der Waals surface area contributed by atoms with Crippen LogP contribution < -0.4 is 20.8 Å². The van der Waals surface area contributed by atoms with E-state index in [1.807, 2.05) is 13.8 Å². The lowest BCUT2D eigenvalue weighted by atomic mass is 10.0. The molecule has 0 saturated heterocycles. The second kappa shape index (κ2) is 9.77. The first kappa shape index (κ1) is 24.8. The highest BCUT2D eigenvalue weighted by atomic mass is 16.5. The average molecular weight is 492 g/mol. The van der Waals surface area contributed by atoms with Crippen LogP contribution in [0.25, 0.3) is 21.9 Å². The van der Waals surface area contributed by atoms with Crippen molar-refractivity contribution < 1.29 is 29.0 Å². The van der Waals surface area contributed by atoms with Crippen LogP contribution >= 0.6 is 0 Å². The van der Waals surface area contributed by atoms with Gasteiger partial charge in [0.2, 0.25) is 0 Å². The van der Waals surface area contributed by atoms with E-state index in [9.17, 15) is 24.6 Å². The summed E-state index contributed by atoms with van der Waals surface area (Å²) in [6, 6.07) is 6.86. The molecule has 9 nitrogen and oxygen atoms in total. The molecule has 0 unspecified atom stereocenters. The number of phenolic OH excluding ortho intramolecular Hbond substituents is 1.